The third-order valence-corrected chi connectivity index (χ3v) is 3.39. The highest BCUT2D eigenvalue weighted by atomic mass is 16.5. The Labute approximate surface area is 129 Å². The summed E-state index contributed by atoms with van der Waals surface area (Å²) in [6.45, 7) is 5.67. The number of ether oxygens (including phenoxy) is 1. The lowest BCUT2D eigenvalue weighted by molar-refractivity contribution is -0.138. The Hall–Kier alpha value is -1.10. The molecule has 2 amide bonds. The molecule has 5 heteroatoms. The highest BCUT2D eigenvalue weighted by Crippen LogP contribution is 2.06. The van der Waals surface area contributed by atoms with Crippen LogP contribution in [0.5, 0.6) is 0 Å². The van der Waals surface area contributed by atoms with Crippen LogP contribution in [0.3, 0.4) is 0 Å². The minimum Gasteiger partial charge on any atom is -0.368 e. The van der Waals surface area contributed by atoms with Gasteiger partial charge in [-0.05, 0) is 12.8 Å². The molecule has 0 unspecified atom stereocenters. The van der Waals surface area contributed by atoms with Crippen LogP contribution in [0.1, 0.15) is 65.2 Å². The summed E-state index contributed by atoms with van der Waals surface area (Å²) >= 11 is 0. The number of amides is 2. The van der Waals surface area contributed by atoms with Crippen LogP contribution in [-0.2, 0) is 14.3 Å². The van der Waals surface area contributed by atoms with Crippen molar-refractivity contribution in [3.8, 4) is 0 Å². The SMILES string of the molecule is CCCCCCN(CCCCCC)C(=O)COCC(N)=O. The molecule has 0 saturated heterocycles. The molecule has 0 aromatic rings. The van der Waals surface area contributed by atoms with E-state index in [1.54, 1.807) is 0 Å². The monoisotopic (exact) mass is 300 g/mol. The molecule has 0 saturated carbocycles. The maximum atomic E-state index is 12.1. The molecule has 2 N–H and O–H groups in total. The van der Waals surface area contributed by atoms with Crippen LogP contribution in [0.2, 0.25) is 0 Å². The third kappa shape index (κ3) is 12.4. The molecule has 0 radical (unpaired) electrons. The van der Waals surface area contributed by atoms with Gasteiger partial charge in [0.05, 0.1) is 0 Å². The maximum absolute atomic E-state index is 12.1. The van der Waals surface area contributed by atoms with Crippen molar-refractivity contribution in [3.05, 3.63) is 0 Å². The number of nitrogens with two attached hydrogens (primary N) is 1. The molecule has 0 aliphatic carbocycles. The molecule has 124 valence electrons. The Balaban J connectivity index is 4.07. The van der Waals surface area contributed by atoms with Crippen molar-refractivity contribution >= 4 is 11.8 Å². The van der Waals surface area contributed by atoms with E-state index in [4.69, 9.17) is 10.5 Å². The largest absolute Gasteiger partial charge is 0.368 e. The first-order valence-corrected chi connectivity index (χ1v) is 8.25. The van der Waals surface area contributed by atoms with E-state index in [9.17, 15) is 9.59 Å². The fourth-order valence-corrected chi connectivity index (χ4v) is 2.15. The number of rotatable bonds is 14. The summed E-state index contributed by atoms with van der Waals surface area (Å²) in [5, 5.41) is 0. The Morgan fingerprint density at radius 1 is 0.857 bits per heavy atom. The van der Waals surface area contributed by atoms with Gasteiger partial charge in [0.15, 0.2) is 0 Å². The standard InChI is InChI=1S/C16H32N2O3/c1-3-5-7-9-11-18(12-10-8-6-4-2)16(20)14-21-13-15(17)19/h3-14H2,1-2H3,(H2,17,19). The summed E-state index contributed by atoms with van der Waals surface area (Å²) in [5.74, 6) is -0.579. The lowest BCUT2D eigenvalue weighted by atomic mass is 10.1. The van der Waals surface area contributed by atoms with Crippen LogP contribution in [-0.4, -0.2) is 43.0 Å². The fraction of sp³-hybridized carbons (Fsp3) is 0.875. The fourth-order valence-electron chi connectivity index (χ4n) is 2.15. The van der Waals surface area contributed by atoms with Crippen molar-refractivity contribution in [1.82, 2.24) is 4.90 Å². The summed E-state index contributed by atoms with van der Waals surface area (Å²) in [4.78, 5) is 24.6. The van der Waals surface area contributed by atoms with Crippen molar-refractivity contribution in [2.45, 2.75) is 65.2 Å². The van der Waals surface area contributed by atoms with E-state index in [1.165, 1.54) is 25.7 Å². The molecule has 0 aromatic heterocycles. The van der Waals surface area contributed by atoms with E-state index in [2.05, 4.69) is 13.8 Å². The lowest BCUT2D eigenvalue weighted by Crippen LogP contribution is -2.36. The number of carbonyl (C=O) groups excluding carboxylic acids is 2. The zero-order valence-electron chi connectivity index (χ0n) is 13.7. The second-order valence-electron chi connectivity index (χ2n) is 5.46. The highest BCUT2D eigenvalue weighted by molar-refractivity contribution is 5.78. The molecule has 0 aliphatic heterocycles. The van der Waals surface area contributed by atoms with Crippen LogP contribution in [0.25, 0.3) is 0 Å². The molecule has 0 aliphatic rings. The van der Waals surface area contributed by atoms with Gasteiger partial charge in [-0.15, -0.1) is 0 Å². The van der Waals surface area contributed by atoms with E-state index < -0.39 is 5.91 Å². The smallest absolute Gasteiger partial charge is 0.248 e. The van der Waals surface area contributed by atoms with E-state index in [0.29, 0.717) is 0 Å². The van der Waals surface area contributed by atoms with Crippen molar-refractivity contribution in [2.75, 3.05) is 26.3 Å². The van der Waals surface area contributed by atoms with Gasteiger partial charge in [-0.2, -0.15) is 0 Å². The Morgan fingerprint density at radius 2 is 1.38 bits per heavy atom. The topological polar surface area (TPSA) is 72.6 Å². The molecule has 5 nitrogen and oxygen atoms in total. The van der Waals surface area contributed by atoms with Gasteiger partial charge in [-0.25, -0.2) is 0 Å². The van der Waals surface area contributed by atoms with E-state index in [-0.39, 0.29) is 19.1 Å². The number of hydrogen-bond acceptors (Lipinski definition) is 3. The number of unbranched alkanes of at least 4 members (excludes halogenated alkanes) is 6. The van der Waals surface area contributed by atoms with Crippen molar-refractivity contribution in [2.24, 2.45) is 5.73 Å². The average molecular weight is 300 g/mol. The van der Waals surface area contributed by atoms with Crippen LogP contribution in [0, 0.1) is 0 Å². The zero-order valence-corrected chi connectivity index (χ0v) is 13.7. The summed E-state index contributed by atoms with van der Waals surface area (Å²) in [7, 11) is 0. The molecule has 0 spiro atoms. The van der Waals surface area contributed by atoms with E-state index in [1.807, 2.05) is 4.90 Å². The summed E-state index contributed by atoms with van der Waals surface area (Å²) in [6.07, 6.45) is 9.14. The molecule has 0 aromatic carbocycles. The predicted molar refractivity (Wildman–Crippen MR) is 84.9 cm³/mol. The van der Waals surface area contributed by atoms with Crippen molar-refractivity contribution in [3.63, 3.8) is 0 Å². The first-order chi connectivity index (χ1) is 10.1. The van der Waals surface area contributed by atoms with Crippen LogP contribution < -0.4 is 5.73 Å². The predicted octanol–water partition coefficient (Wildman–Crippen LogP) is 2.48. The van der Waals surface area contributed by atoms with Gasteiger partial charge in [0.2, 0.25) is 11.8 Å². The second-order valence-corrected chi connectivity index (χ2v) is 5.46. The molecule has 0 rings (SSSR count). The summed E-state index contributed by atoms with van der Waals surface area (Å²) in [5.41, 5.74) is 4.99. The molecule has 0 bridgehead atoms. The zero-order chi connectivity index (χ0) is 15.9. The van der Waals surface area contributed by atoms with Gasteiger partial charge in [-0.1, -0.05) is 52.4 Å². The maximum Gasteiger partial charge on any atom is 0.248 e. The number of nitrogens with zero attached hydrogens (tertiary/aromatic N) is 1. The molecule has 0 atom stereocenters. The van der Waals surface area contributed by atoms with Crippen molar-refractivity contribution in [1.29, 1.82) is 0 Å². The van der Waals surface area contributed by atoms with Gasteiger partial charge >= 0.3 is 0 Å². The van der Waals surface area contributed by atoms with Gasteiger partial charge in [0, 0.05) is 13.1 Å². The first-order valence-electron chi connectivity index (χ1n) is 8.25. The van der Waals surface area contributed by atoms with Gasteiger partial charge in [-0.3, -0.25) is 9.59 Å². The van der Waals surface area contributed by atoms with E-state index >= 15 is 0 Å². The minimum atomic E-state index is -0.541. The lowest BCUT2D eigenvalue weighted by Gasteiger charge is -2.22. The second kappa shape index (κ2) is 13.9. The quantitative estimate of drug-likeness (QED) is 0.501. The molecule has 0 fully saturated rings. The van der Waals surface area contributed by atoms with Crippen LogP contribution in [0.4, 0.5) is 0 Å². The summed E-state index contributed by atoms with van der Waals surface area (Å²) < 4.78 is 5.03. The molecular weight excluding hydrogens is 268 g/mol. The highest BCUT2D eigenvalue weighted by Gasteiger charge is 2.13. The number of carbonyl (C=O) groups is 2. The number of primary amides is 1. The minimum absolute atomic E-state index is 0.0377. The van der Waals surface area contributed by atoms with Crippen LogP contribution >= 0.6 is 0 Å². The van der Waals surface area contributed by atoms with Gasteiger partial charge in [0.25, 0.3) is 0 Å². The van der Waals surface area contributed by atoms with Gasteiger partial charge < -0.3 is 15.4 Å². The molecular formula is C16H32N2O3. The first kappa shape index (κ1) is 19.9. The summed E-state index contributed by atoms with van der Waals surface area (Å²) in [6, 6.07) is 0. The normalized spacial score (nSPS) is 10.6. The molecule has 0 heterocycles. The van der Waals surface area contributed by atoms with Crippen LogP contribution in [0.15, 0.2) is 0 Å². The van der Waals surface area contributed by atoms with E-state index in [0.717, 1.165) is 38.8 Å². The Kier molecular flexibility index (Phi) is 13.1. The van der Waals surface area contributed by atoms with Gasteiger partial charge in [0.1, 0.15) is 13.2 Å². The molecule has 21 heavy (non-hydrogen) atoms. The average Bonchev–Trinajstić information content (AvgIpc) is 2.45. The Bertz CT molecular complexity index is 271. The third-order valence-electron chi connectivity index (χ3n) is 3.39. The number of hydrogen-bond donors (Lipinski definition) is 1. The van der Waals surface area contributed by atoms with Crippen molar-refractivity contribution < 1.29 is 14.3 Å². The Morgan fingerprint density at radius 3 is 1.81 bits per heavy atom.